The van der Waals surface area contributed by atoms with Gasteiger partial charge in [0.05, 0.1) is 19.8 Å². The number of nitrogens with one attached hydrogen (secondary N) is 1. The highest BCUT2D eigenvalue weighted by atomic mass is 32.2. The van der Waals surface area contributed by atoms with Gasteiger partial charge >= 0.3 is 0 Å². The van der Waals surface area contributed by atoms with Crippen molar-refractivity contribution in [3.63, 3.8) is 0 Å². The summed E-state index contributed by atoms with van der Waals surface area (Å²) in [5.41, 5.74) is 1.08. The van der Waals surface area contributed by atoms with Crippen LogP contribution in [0.1, 0.15) is 5.56 Å². The summed E-state index contributed by atoms with van der Waals surface area (Å²) in [6, 6.07) is 13.2. The molecular formula is C22H29N5O4S. The largest absolute Gasteiger partial charge is 0.379 e. The van der Waals surface area contributed by atoms with Crippen molar-refractivity contribution in [1.82, 2.24) is 19.5 Å². The maximum Gasteiger partial charge on any atom is 0.244 e. The average molecular weight is 460 g/mol. The SMILES string of the molecule is O=C(CN1CCN(c2ccc(S(=O)(=O)N3CCOCC3)cn2)CC1)NCc1ccccc1. The number of carbonyl (C=O) groups excluding carboxylic acids is 1. The zero-order valence-electron chi connectivity index (χ0n) is 18.0. The Morgan fingerprint density at radius 3 is 2.34 bits per heavy atom. The molecule has 4 rings (SSSR count). The maximum atomic E-state index is 12.7. The van der Waals surface area contributed by atoms with Gasteiger partial charge in [0.1, 0.15) is 10.7 Å². The number of piperazine rings is 1. The number of nitrogens with zero attached hydrogens (tertiary/aromatic N) is 4. The molecule has 0 bridgehead atoms. The molecule has 0 radical (unpaired) electrons. The Labute approximate surface area is 189 Å². The Bertz CT molecular complexity index is 987. The number of pyridine rings is 1. The van der Waals surface area contributed by atoms with Crippen molar-refractivity contribution in [2.45, 2.75) is 11.4 Å². The molecule has 0 saturated carbocycles. The van der Waals surface area contributed by atoms with E-state index in [4.69, 9.17) is 4.74 Å². The molecule has 0 unspecified atom stereocenters. The second kappa shape index (κ2) is 10.4. The summed E-state index contributed by atoms with van der Waals surface area (Å²) in [4.78, 5) is 21.1. The number of aromatic nitrogens is 1. The van der Waals surface area contributed by atoms with Crippen LogP contribution in [0.2, 0.25) is 0 Å². The number of anilines is 1. The number of carbonyl (C=O) groups is 1. The summed E-state index contributed by atoms with van der Waals surface area (Å²) < 4.78 is 32.2. The highest BCUT2D eigenvalue weighted by Crippen LogP contribution is 2.20. The van der Waals surface area contributed by atoms with E-state index < -0.39 is 10.0 Å². The first kappa shape index (κ1) is 22.7. The molecule has 2 aliphatic rings. The molecule has 1 aromatic carbocycles. The number of rotatable bonds is 7. The Balaban J connectivity index is 1.25. The Morgan fingerprint density at radius 2 is 1.69 bits per heavy atom. The summed E-state index contributed by atoms with van der Waals surface area (Å²) in [5.74, 6) is 0.761. The van der Waals surface area contributed by atoms with Gasteiger partial charge in [-0.2, -0.15) is 4.31 Å². The van der Waals surface area contributed by atoms with Crippen molar-refractivity contribution in [3.8, 4) is 0 Å². The van der Waals surface area contributed by atoms with E-state index in [1.807, 2.05) is 30.3 Å². The molecule has 1 aromatic heterocycles. The number of hydrogen-bond donors (Lipinski definition) is 1. The standard InChI is InChI=1S/C22H29N5O4S/c28-22(24-16-19-4-2-1-3-5-19)18-25-8-10-26(11-9-25)21-7-6-20(17-23-21)32(29,30)27-12-14-31-15-13-27/h1-7,17H,8-16,18H2,(H,24,28). The number of hydrogen-bond acceptors (Lipinski definition) is 7. The third kappa shape index (κ3) is 5.63. The van der Waals surface area contributed by atoms with Crippen LogP contribution in [0.15, 0.2) is 53.6 Å². The van der Waals surface area contributed by atoms with Gasteiger partial charge in [0.15, 0.2) is 0 Å². The molecule has 2 aliphatic heterocycles. The van der Waals surface area contributed by atoms with Gasteiger partial charge in [-0.25, -0.2) is 13.4 Å². The fourth-order valence-electron chi connectivity index (χ4n) is 3.84. The van der Waals surface area contributed by atoms with Crippen LogP contribution in [0.3, 0.4) is 0 Å². The van der Waals surface area contributed by atoms with Gasteiger partial charge in [-0.3, -0.25) is 9.69 Å². The molecule has 2 saturated heterocycles. The highest BCUT2D eigenvalue weighted by Gasteiger charge is 2.27. The summed E-state index contributed by atoms with van der Waals surface area (Å²) in [7, 11) is -3.54. The van der Waals surface area contributed by atoms with Crippen molar-refractivity contribution in [2.75, 3.05) is 63.9 Å². The quantitative estimate of drug-likeness (QED) is 0.646. The molecule has 9 nitrogen and oxygen atoms in total. The average Bonchev–Trinajstić information content (AvgIpc) is 2.84. The molecular weight excluding hydrogens is 430 g/mol. The van der Waals surface area contributed by atoms with Crippen LogP contribution in [-0.4, -0.2) is 87.5 Å². The zero-order valence-corrected chi connectivity index (χ0v) is 18.8. The summed E-state index contributed by atoms with van der Waals surface area (Å²) in [5, 5.41) is 2.96. The molecule has 0 atom stereocenters. The van der Waals surface area contributed by atoms with Crippen LogP contribution in [-0.2, 0) is 26.1 Å². The third-order valence-corrected chi connectivity index (χ3v) is 7.61. The van der Waals surface area contributed by atoms with Crippen LogP contribution < -0.4 is 10.2 Å². The van der Waals surface area contributed by atoms with Crippen LogP contribution in [0.4, 0.5) is 5.82 Å². The maximum absolute atomic E-state index is 12.7. The van der Waals surface area contributed by atoms with Crippen LogP contribution in [0.25, 0.3) is 0 Å². The minimum Gasteiger partial charge on any atom is -0.379 e. The number of morpholine rings is 1. The lowest BCUT2D eigenvalue weighted by Gasteiger charge is -2.35. The van der Waals surface area contributed by atoms with E-state index in [-0.39, 0.29) is 10.8 Å². The van der Waals surface area contributed by atoms with Gasteiger partial charge in [-0.1, -0.05) is 30.3 Å². The molecule has 3 heterocycles. The molecule has 1 amide bonds. The fraction of sp³-hybridized carbons (Fsp3) is 0.455. The van der Waals surface area contributed by atoms with Crippen molar-refractivity contribution < 1.29 is 17.9 Å². The van der Waals surface area contributed by atoms with Crippen molar-refractivity contribution in [2.24, 2.45) is 0 Å². The zero-order chi connectivity index (χ0) is 22.4. The van der Waals surface area contributed by atoms with Gasteiger partial charge in [0.25, 0.3) is 0 Å². The van der Waals surface area contributed by atoms with Crippen LogP contribution >= 0.6 is 0 Å². The topological polar surface area (TPSA) is 95.1 Å². The van der Waals surface area contributed by atoms with Gasteiger partial charge in [-0.15, -0.1) is 0 Å². The van der Waals surface area contributed by atoms with Crippen LogP contribution in [0, 0.1) is 0 Å². The number of sulfonamides is 1. The fourth-order valence-corrected chi connectivity index (χ4v) is 5.19. The lowest BCUT2D eigenvalue weighted by Crippen LogP contribution is -2.49. The van der Waals surface area contributed by atoms with E-state index in [0.717, 1.165) is 37.6 Å². The smallest absolute Gasteiger partial charge is 0.244 e. The first-order valence-corrected chi connectivity index (χ1v) is 12.3. The number of amides is 1. The Morgan fingerprint density at radius 1 is 0.969 bits per heavy atom. The van der Waals surface area contributed by atoms with Crippen LogP contribution in [0.5, 0.6) is 0 Å². The molecule has 1 N–H and O–H groups in total. The second-order valence-electron chi connectivity index (χ2n) is 7.89. The Hall–Kier alpha value is -2.53. The first-order valence-electron chi connectivity index (χ1n) is 10.8. The van der Waals surface area contributed by atoms with Gasteiger partial charge in [0, 0.05) is 52.0 Å². The third-order valence-electron chi connectivity index (χ3n) is 5.72. The number of benzene rings is 1. The normalized spacial score (nSPS) is 18.4. The second-order valence-corrected chi connectivity index (χ2v) is 9.83. The Kier molecular flexibility index (Phi) is 7.36. The minimum absolute atomic E-state index is 0.0121. The highest BCUT2D eigenvalue weighted by molar-refractivity contribution is 7.89. The van der Waals surface area contributed by atoms with Gasteiger partial charge in [0.2, 0.25) is 15.9 Å². The minimum atomic E-state index is -3.54. The van der Waals surface area contributed by atoms with E-state index in [9.17, 15) is 13.2 Å². The van der Waals surface area contributed by atoms with Gasteiger partial charge < -0.3 is 15.0 Å². The number of ether oxygens (including phenoxy) is 1. The summed E-state index contributed by atoms with van der Waals surface area (Å²) >= 11 is 0. The lowest BCUT2D eigenvalue weighted by molar-refractivity contribution is -0.122. The molecule has 32 heavy (non-hydrogen) atoms. The molecule has 0 spiro atoms. The molecule has 172 valence electrons. The molecule has 2 fully saturated rings. The van der Waals surface area contributed by atoms with Crippen molar-refractivity contribution in [1.29, 1.82) is 0 Å². The first-order chi connectivity index (χ1) is 15.5. The van der Waals surface area contributed by atoms with Gasteiger partial charge in [-0.05, 0) is 17.7 Å². The van der Waals surface area contributed by atoms with E-state index in [2.05, 4.69) is 20.1 Å². The van der Waals surface area contributed by atoms with Crippen molar-refractivity contribution in [3.05, 3.63) is 54.2 Å². The van der Waals surface area contributed by atoms with E-state index in [1.165, 1.54) is 10.5 Å². The lowest BCUT2D eigenvalue weighted by atomic mass is 10.2. The molecule has 10 heteroatoms. The van der Waals surface area contributed by atoms with E-state index in [1.54, 1.807) is 12.1 Å². The van der Waals surface area contributed by atoms with E-state index in [0.29, 0.717) is 39.4 Å². The monoisotopic (exact) mass is 459 g/mol. The summed E-state index contributed by atoms with van der Waals surface area (Å²) in [6.07, 6.45) is 1.43. The van der Waals surface area contributed by atoms with Crippen molar-refractivity contribution >= 4 is 21.7 Å². The molecule has 0 aliphatic carbocycles. The predicted molar refractivity (Wildman–Crippen MR) is 121 cm³/mol. The van der Waals surface area contributed by atoms with E-state index >= 15 is 0 Å². The molecule has 2 aromatic rings. The summed E-state index contributed by atoms with van der Waals surface area (Å²) in [6.45, 7) is 5.41. The predicted octanol–water partition coefficient (Wildman–Crippen LogP) is 0.541.